The van der Waals surface area contributed by atoms with Crippen LogP contribution in [0.3, 0.4) is 0 Å². The first-order chi connectivity index (χ1) is 9.72. The Hall–Kier alpha value is -1.81. The molecule has 0 radical (unpaired) electrons. The van der Waals surface area contributed by atoms with E-state index >= 15 is 0 Å². The third-order valence-electron chi connectivity index (χ3n) is 3.88. The standard InChI is InChI=1S/C16H20N2O2/c1-11-8-13(6-7-20-11)18-16(19)9-12-10-17-15-5-3-2-4-14(12)15/h2-5,10-11,13,17H,6-9H2,1H3,(H,18,19). The summed E-state index contributed by atoms with van der Waals surface area (Å²) in [5.41, 5.74) is 2.13. The number of fused-ring (bicyclic) bond motifs is 1. The number of carbonyl (C=O) groups is 1. The summed E-state index contributed by atoms with van der Waals surface area (Å²) >= 11 is 0. The van der Waals surface area contributed by atoms with E-state index in [0.29, 0.717) is 6.42 Å². The zero-order valence-corrected chi connectivity index (χ0v) is 11.7. The van der Waals surface area contributed by atoms with Gasteiger partial charge in [0.05, 0.1) is 12.5 Å². The molecule has 1 fully saturated rings. The summed E-state index contributed by atoms with van der Waals surface area (Å²) in [6, 6.07) is 8.31. The van der Waals surface area contributed by atoms with Gasteiger partial charge in [0.25, 0.3) is 0 Å². The second-order valence-electron chi connectivity index (χ2n) is 5.51. The van der Waals surface area contributed by atoms with Crippen molar-refractivity contribution in [3.05, 3.63) is 36.0 Å². The van der Waals surface area contributed by atoms with Gasteiger partial charge in [0.2, 0.25) is 5.91 Å². The Labute approximate surface area is 118 Å². The minimum absolute atomic E-state index is 0.0915. The Morgan fingerprint density at radius 2 is 2.30 bits per heavy atom. The molecule has 2 unspecified atom stereocenters. The van der Waals surface area contributed by atoms with E-state index in [1.807, 2.05) is 30.5 Å². The topological polar surface area (TPSA) is 54.1 Å². The van der Waals surface area contributed by atoms with E-state index in [2.05, 4.69) is 17.2 Å². The predicted octanol–water partition coefficient (Wildman–Crippen LogP) is 2.39. The molecule has 2 atom stereocenters. The van der Waals surface area contributed by atoms with Crippen LogP contribution in [0.4, 0.5) is 0 Å². The van der Waals surface area contributed by atoms with Crippen LogP contribution in [0.25, 0.3) is 10.9 Å². The second kappa shape index (κ2) is 5.67. The SMILES string of the molecule is CC1CC(NC(=O)Cc2c[nH]c3ccccc23)CCO1. The van der Waals surface area contributed by atoms with Crippen LogP contribution in [0, 0.1) is 0 Å². The van der Waals surface area contributed by atoms with Crippen molar-refractivity contribution >= 4 is 16.8 Å². The summed E-state index contributed by atoms with van der Waals surface area (Å²) in [4.78, 5) is 15.4. The van der Waals surface area contributed by atoms with Gasteiger partial charge in [0.1, 0.15) is 0 Å². The Balaban J connectivity index is 1.64. The summed E-state index contributed by atoms with van der Waals surface area (Å²) in [5.74, 6) is 0.0915. The summed E-state index contributed by atoms with van der Waals surface area (Å²) < 4.78 is 5.50. The molecule has 106 valence electrons. The van der Waals surface area contributed by atoms with Crippen LogP contribution >= 0.6 is 0 Å². The van der Waals surface area contributed by atoms with Crippen molar-refractivity contribution in [2.24, 2.45) is 0 Å². The first kappa shape index (κ1) is 13.2. The monoisotopic (exact) mass is 272 g/mol. The first-order valence-electron chi connectivity index (χ1n) is 7.18. The number of amides is 1. The van der Waals surface area contributed by atoms with Gasteiger partial charge in [-0.3, -0.25) is 4.79 Å². The Morgan fingerprint density at radius 3 is 3.15 bits per heavy atom. The van der Waals surface area contributed by atoms with E-state index < -0.39 is 0 Å². The van der Waals surface area contributed by atoms with Crippen molar-refractivity contribution in [1.29, 1.82) is 0 Å². The molecule has 0 spiro atoms. The maximum absolute atomic E-state index is 12.2. The van der Waals surface area contributed by atoms with E-state index in [1.54, 1.807) is 0 Å². The summed E-state index contributed by atoms with van der Waals surface area (Å²) in [7, 11) is 0. The number of hydrogen-bond acceptors (Lipinski definition) is 2. The largest absolute Gasteiger partial charge is 0.378 e. The lowest BCUT2D eigenvalue weighted by Crippen LogP contribution is -2.41. The van der Waals surface area contributed by atoms with E-state index in [-0.39, 0.29) is 18.1 Å². The molecule has 2 aromatic rings. The highest BCUT2D eigenvalue weighted by molar-refractivity contribution is 5.88. The number of para-hydroxylation sites is 1. The molecule has 2 heterocycles. The molecule has 0 saturated carbocycles. The highest BCUT2D eigenvalue weighted by Crippen LogP contribution is 2.18. The van der Waals surface area contributed by atoms with E-state index in [9.17, 15) is 4.79 Å². The van der Waals surface area contributed by atoms with Crippen molar-refractivity contribution in [3.63, 3.8) is 0 Å². The number of benzene rings is 1. The van der Waals surface area contributed by atoms with Gasteiger partial charge >= 0.3 is 0 Å². The average Bonchev–Trinajstić information content (AvgIpc) is 2.82. The molecule has 1 aliphatic heterocycles. The quantitative estimate of drug-likeness (QED) is 0.901. The number of nitrogens with one attached hydrogen (secondary N) is 2. The van der Waals surface area contributed by atoms with E-state index in [1.165, 1.54) is 0 Å². The molecule has 1 amide bonds. The fraction of sp³-hybridized carbons (Fsp3) is 0.438. The maximum atomic E-state index is 12.2. The summed E-state index contributed by atoms with van der Waals surface area (Å²) in [6.07, 6.45) is 4.40. The molecule has 20 heavy (non-hydrogen) atoms. The van der Waals surface area contributed by atoms with Crippen LogP contribution in [0.1, 0.15) is 25.3 Å². The van der Waals surface area contributed by atoms with Gasteiger partial charge in [0.15, 0.2) is 0 Å². The molecule has 2 N–H and O–H groups in total. The number of aromatic nitrogens is 1. The lowest BCUT2D eigenvalue weighted by molar-refractivity contribution is -0.122. The molecule has 1 saturated heterocycles. The second-order valence-corrected chi connectivity index (χ2v) is 5.51. The third kappa shape index (κ3) is 2.85. The molecule has 1 aliphatic rings. The van der Waals surface area contributed by atoms with Gasteiger partial charge in [-0.1, -0.05) is 18.2 Å². The van der Waals surface area contributed by atoms with Gasteiger partial charge in [-0.05, 0) is 31.4 Å². The van der Waals surface area contributed by atoms with E-state index in [0.717, 1.165) is 35.9 Å². The number of hydrogen-bond donors (Lipinski definition) is 2. The molecule has 4 heteroatoms. The van der Waals surface area contributed by atoms with Crippen LogP contribution in [0.15, 0.2) is 30.5 Å². The lowest BCUT2D eigenvalue weighted by Gasteiger charge is -2.27. The fourth-order valence-corrected chi connectivity index (χ4v) is 2.86. The molecule has 4 nitrogen and oxygen atoms in total. The predicted molar refractivity (Wildman–Crippen MR) is 78.6 cm³/mol. The Bertz CT molecular complexity index is 605. The lowest BCUT2D eigenvalue weighted by atomic mass is 10.0. The van der Waals surface area contributed by atoms with Gasteiger partial charge in [-0.15, -0.1) is 0 Å². The van der Waals surface area contributed by atoms with Crippen LogP contribution in [0.2, 0.25) is 0 Å². The third-order valence-corrected chi connectivity index (χ3v) is 3.88. The number of rotatable bonds is 3. The number of ether oxygens (including phenoxy) is 1. The summed E-state index contributed by atoms with van der Waals surface area (Å²) in [5, 5.41) is 4.25. The minimum atomic E-state index is 0.0915. The molecular weight excluding hydrogens is 252 g/mol. The van der Waals surface area contributed by atoms with Crippen molar-refractivity contribution in [2.75, 3.05) is 6.61 Å². The average molecular weight is 272 g/mol. The first-order valence-corrected chi connectivity index (χ1v) is 7.18. The smallest absolute Gasteiger partial charge is 0.224 e. The maximum Gasteiger partial charge on any atom is 0.224 e. The highest BCUT2D eigenvalue weighted by Gasteiger charge is 2.21. The Kier molecular flexibility index (Phi) is 3.74. The zero-order valence-electron chi connectivity index (χ0n) is 11.7. The molecular formula is C16H20N2O2. The van der Waals surface area contributed by atoms with Gasteiger partial charge in [0, 0.05) is 29.7 Å². The molecule has 1 aromatic carbocycles. The minimum Gasteiger partial charge on any atom is -0.378 e. The number of carbonyl (C=O) groups excluding carboxylic acids is 1. The van der Waals surface area contributed by atoms with Crippen LogP contribution in [-0.4, -0.2) is 29.6 Å². The molecule has 3 rings (SSSR count). The molecule has 1 aromatic heterocycles. The van der Waals surface area contributed by atoms with E-state index in [4.69, 9.17) is 4.74 Å². The van der Waals surface area contributed by atoms with Gasteiger partial charge < -0.3 is 15.0 Å². The zero-order chi connectivity index (χ0) is 13.9. The van der Waals surface area contributed by atoms with Crippen LogP contribution in [0.5, 0.6) is 0 Å². The van der Waals surface area contributed by atoms with Crippen LogP contribution < -0.4 is 5.32 Å². The van der Waals surface area contributed by atoms with Crippen LogP contribution in [-0.2, 0) is 16.0 Å². The van der Waals surface area contributed by atoms with Crippen molar-refractivity contribution in [2.45, 2.75) is 38.3 Å². The van der Waals surface area contributed by atoms with Crippen molar-refractivity contribution in [3.8, 4) is 0 Å². The normalized spacial score (nSPS) is 22.9. The van der Waals surface area contributed by atoms with Crippen molar-refractivity contribution < 1.29 is 9.53 Å². The van der Waals surface area contributed by atoms with Crippen molar-refractivity contribution in [1.82, 2.24) is 10.3 Å². The number of H-pyrrole nitrogens is 1. The fourth-order valence-electron chi connectivity index (χ4n) is 2.86. The molecule has 0 aliphatic carbocycles. The highest BCUT2D eigenvalue weighted by atomic mass is 16.5. The summed E-state index contributed by atoms with van der Waals surface area (Å²) in [6.45, 7) is 2.79. The van der Waals surface area contributed by atoms with Gasteiger partial charge in [-0.2, -0.15) is 0 Å². The Morgan fingerprint density at radius 1 is 1.45 bits per heavy atom. The number of aromatic amines is 1. The van der Waals surface area contributed by atoms with Gasteiger partial charge in [-0.25, -0.2) is 0 Å². The molecule has 0 bridgehead atoms.